The van der Waals surface area contributed by atoms with Crippen molar-refractivity contribution < 1.29 is 14.3 Å². The van der Waals surface area contributed by atoms with E-state index in [9.17, 15) is 4.79 Å². The molecule has 126 valence electrons. The van der Waals surface area contributed by atoms with Crippen LogP contribution in [-0.4, -0.2) is 19.1 Å². The number of carbonyl (C=O) groups is 1. The lowest BCUT2D eigenvalue weighted by Gasteiger charge is -2.24. The van der Waals surface area contributed by atoms with Gasteiger partial charge in [-0.15, -0.1) is 11.3 Å². The quantitative estimate of drug-likeness (QED) is 0.886. The Hall–Kier alpha value is -2.01. The molecule has 1 aliphatic carbocycles. The molecule has 2 heterocycles. The van der Waals surface area contributed by atoms with Crippen LogP contribution in [0.25, 0.3) is 0 Å². The molecule has 24 heavy (non-hydrogen) atoms. The lowest BCUT2D eigenvalue weighted by Crippen LogP contribution is -2.22. The minimum absolute atomic E-state index is 0.0694. The molecule has 5 heteroatoms. The summed E-state index contributed by atoms with van der Waals surface area (Å²) in [6, 6.07) is 8.04. The first kappa shape index (κ1) is 15.5. The maximum absolute atomic E-state index is 12.0. The van der Waals surface area contributed by atoms with Crippen LogP contribution in [-0.2, 0) is 4.79 Å². The van der Waals surface area contributed by atoms with Gasteiger partial charge in [-0.25, -0.2) is 0 Å². The van der Waals surface area contributed by atoms with Gasteiger partial charge in [-0.05, 0) is 54.8 Å². The standard InChI is InChI=1S/C19H21NO3S/c1-22-16-7-6-12(10-17(16)23-13-4-2-3-5-13)14-11-18(21)20-15-8-9-24-19(14)15/h6-10,13-14H,2-5,11H2,1H3,(H,20,21)/t14-/m0/s1. The molecule has 1 atom stereocenters. The van der Waals surface area contributed by atoms with Crippen molar-refractivity contribution in [3.8, 4) is 11.5 Å². The molecule has 0 saturated heterocycles. The van der Waals surface area contributed by atoms with Gasteiger partial charge in [0.2, 0.25) is 5.91 Å². The summed E-state index contributed by atoms with van der Waals surface area (Å²) >= 11 is 1.69. The molecule has 4 nitrogen and oxygen atoms in total. The molecule has 2 aliphatic rings. The van der Waals surface area contributed by atoms with Gasteiger partial charge < -0.3 is 14.8 Å². The van der Waals surface area contributed by atoms with Crippen molar-refractivity contribution in [2.75, 3.05) is 12.4 Å². The summed E-state index contributed by atoms with van der Waals surface area (Å²) in [5.41, 5.74) is 2.05. The highest BCUT2D eigenvalue weighted by atomic mass is 32.1. The third kappa shape index (κ3) is 2.88. The molecule has 0 spiro atoms. The minimum Gasteiger partial charge on any atom is -0.493 e. The molecule has 1 fully saturated rings. The molecule has 1 saturated carbocycles. The average Bonchev–Trinajstić information content (AvgIpc) is 3.25. The van der Waals surface area contributed by atoms with Crippen molar-refractivity contribution in [1.82, 2.24) is 0 Å². The zero-order valence-corrected chi connectivity index (χ0v) is 14.5. The van der Waals surface area contributed by atoms with Crippen LogP contribution in [0, 0.1) is 0 Å². The fourth-order valence-corrected chi connectivity index (χ4v) is 4.61. The van der Waals surface area contributed by atoms with Gasteiger partial charge in [-0.2, -0.15) is 0 Å². The molecule has 0 unspecified atom stereocenters. The Morgan fingerprint density at radius 3 is 2.79 bits per heavy atom. The number of carbonyl (C=O) groups excluding carboxylic acids is 1. The number of anilines is 1. The van der Waals surface area contributed by atoms with E-state index in [1.54, 1.807) is 18.4 Å². The molecule has 0 radical (unpaired) electrons. The van der Waals surface area contributed by atoms with E-state index in [2.05, 4.69) is 11.4 Å². The Morgan fingerprint density at radius 1 is 1.17 bits per heavy atom. The van der Waals surface area contributed by atoms with Gasteiger partial charge in [0.15, 0.2) is 11.5 Å². The summed E-state index contributed by atoms with van der Waals surface area (Å²) in [6.45, 7) is 0. The van der Waals surface area contributed by atoms with Crippen LogP contribution in [0.15, 0.2) is 29.6 Å². The van der Waals surface area contributed by atoms with E-state index < -0.39 is 0 Å². The van der Waals surface area contributed by atoms with Crippen molar-refractivity contribution >= 4 is 22.9 Å². The number of methoxy groups -OCH3 is 1. The highest BCUT2D eigenvalue weighted by Gasteiger charge is 2.28. The Morgan fingerprint density at radius 2 is 2.00 bits per heavy atom. The smallest absolute Gasteiger partial charge is 0.225 e. The average molecular weight is 343 g/mol. The highest BCUT2D eigenvalue weighted by molar-refractivity contribution is 7.10. The van der Waals surface area contributed by atoms with Crippen LogP contribution in [0.3, 0.4) is 0 Å². The third-order valence-corrected chi connectivity index (χ3v) is 5.89. The van der Waals surface area contributed by atoms with Crippen LogP contribution in [0.2, 0.25) is 0 Å². The summed E-state index contributed by atoms with van der Waals surface area (Å²) in [7, 11) is 1.67. The largest absolute Gasteiger partial charge is 0.493 e. The number of rotatable bonds is 4. The van der Waals surface area contributed by atoms with Crippen LogP contribution in [0.5, 0.6) is 11.5 Å². The Bertz CT molecular complexity index is 749. The number of fused-ring (bicyclic) bond motifs is 1. The molecule has 2 aromatic rings. The molecule has 0 bridgehead atoms. The lowest BCUT2D eigenvalue weighted by atomic mass is 9.90. The first-order chi connectivity index (χ1) is 11.7. The second kappa shape index (κ2) is 6.48. The number of thiophene rings is 1. The number of hydrogen-bond donors (Lipinski definition) is 1. The minimum atomic E-state index is 0.0694. The molecular formula is C19H21NO3S. The van der Waals surface area contributed by atoms with E-state index in [0.29, 0.717) is 6.42 Å². The molecule has 1 aliphatic heterocycles. The highest BCUT2D eigenvalue weighted by Crippen LogP contribution is 2.43. The van der Waals surface area contributed by atoms with Gasteiger partial charge in [-0.1, -0.05) is 6.07 Å². The molecule has 1 N–H and O–H groups in total. The Labute approximate surface area is 145 Å². The second-order valence-electron chi connectivity index (χ2n) is 6.44. The van der Waals surface area contributed by atoms with Crippen LogP contribution in [0.1, 0.15) is 48.5 Å². The van der Waals surface area contributed by atoms with Crippen molar-refractivity contribution in [3.05, 3.63) is 40.1 Å². The number of amides is 1. The molecule has 4 rings (SSSR count). The van der Waals surface area contributed by atoms with Gasteiger partial charge >= 0.3 is 0 Å². The van der Waals surface area contributed by atoms with E-state index in [-0.39, 0.29) is 17.9 Å². The number of ether oxygens (including phenoxy) is 2. The number of nitrogens with one attached hydrogen (secondary N) is 1. The Balaban J connectivity index is 1.67. The fourth-order valence-electron chi connectivity index (χ4n) is 3.63. The molecule has 1 aromatic carbocycles. The summed E-state index contributed by atoms with van der Waals surface area (Å²) < 4.78 is 11.7. The second-order valence-corrected chi connectivity index (χ2v) is 7.39. The summed E-state index contributed by atoms with van der Waals surface area (Å²) in [5.74, 6) is 1.72. The van der Waals surface area contributed by atoms with Crippen LogP contribution < -0.4 is 14.8 Å². The maximum Gasteiger partial charge on any atom is 0.225 e. The SMILES string of the molecule is COc1ccc([C@@H]2CC(=O)Nc3ccsc32)cc1OC1CCCC1. The van der Waals surface area contributed by atoms with Crippen molar-refractivity contribution in [2.45, 2.75) is 44.1 Å². The van der Waals surface area contributed by atoms with Crippen molar-refractivity contribution in [1.29, 1.82) is 0 Å². The fraction of sp³-hybridized carbons (Fsp3) is 0.421. The van der Waals surface area contributed by atoms with Gasteiger partial charge in [0.25, 0.3) is 0 Å². The van der Waals surface area contributed by atoms with E-state index in [1.807, 2.05) is 23.6 Å². The Kier molecular flexibility index (Phi) is 4.19. The van der Waals surface area contributed by atoms with E-state index in [4.69, 9.17) is 9.47 Å². The van der Waals surface area contributed by atoms with Gasteiger partial charge in [0.1, 0.15) is 0 Å². The first-order valence-corrected chi connectivity index (χ1v) is 9.34. The van der Waals surface area contributed by atoms with Gasteiger partial charge in [-0.3, -0.25) is 4.79 Å². The van der Waals surface area contributed by atoms with Crippen molar-refractivity contribution in [2.24, 2.45) is 0 Å². The third-order valence-electron chi connectivity index (χ3n) is 4.86. The maximum atomic E-state index is 12.0. The topological polar surface area (TPSA) is 47.6 Å². The van der Waals surface area contributed by atoms with Gasteiger partial charge in [0.05, 0.1) is 18.9 Å². The monoisotopic (exact) mass is 343 g/mol. The van der Waals surface area contributed by atoms with Gasteiger partial charge in [0, 0.05) is 17.2 Å². The van der Waals surface area contributed by atoms with E-state index in [0.717, 1.165) is 35.6 Å². The molecule has 1 amide bonds. The molecule has 1 aromatic heterocycles. The van der Waals surface area contributed by atoms with E-state index in [1.165, 1.54) is 17.7 Å². The summed E-state index contributed by atoms with van der Waals surface area (Å²) in [4.78, 5) is 13.2. The summed E-state index contributed by atoms with van der Waals surface area (Å²) in [5, 5.41) is 4.98. The number of benzene rings is 1. The lowest BCUT2D eigenvalue weighted by molar-refractivity contribution is -0.116. The number of hydrogen-bond acceptors (Lipinski definition) is 4. The van der Waals surface area contributed by atoms with Crippen LogP contribution in [0.4, 0.5) is 5.69 Å². The van der Waals surface area contributed by atoms with E-state index >= 15 is 0 Å². The zero-order valence-electron chi connectivity index (χ0n) is 13.7. The van der Waals surface area contributed by atoms with Crippen LogP contribution >= 0.6 is 11.3 Å². The van der Waals surface area contributed by atoms with Crippen molar-refractivity contribution in [3.63, 3.8) is 0 Å². The molecular weight excluding hydrogens is 322 g/mol. The predicted octanol–water partition coefficient (Wildman–Crippen LogP) is 4.55. The normalized spacial score (nSPS) is 20.5. The zero-order chi connectivity index (χ0) is 16.5. The first-order valence-electron chi connectivity index (χ1n) is 8.46. The predicted molar refractivity (Wildman–Crippen MR) is 95.3 cm³/mol. The summed E-state index contributed by atoms with van der Waals surface area (Å²) in [6.07, 6.45) is 5.42.